The van der Waals surface area contributed by atoms with Gasteiger partial charge in [-0.2, -0.15) is 0 Å². The third kappa shape index (κ3) is 3.65. The average Bonchev–Trinajstić information content (AvgIpc) is 2.32. The van der Waals surface area contributed by atoms with Crippen LogP contribution in [0.3, 0.4) is 0 Å². The van der Waals surface area contributed by atoms with Crippen molar-refractivity contribution in [3.8, 4) is 0 Å². The predicted octanol–water partition coefficient (Wildman–Crippen LogP) is 1.38. The van der Waals surface area contributed by atoms with Crippen molar-refractivity contribution in [2.45, 2.75) is 32.1 Å². The van der Waals surface area contributed by atoms with Gasteiger partial charge in [-0.1, -0.05) is 0 Å². The fraction of sp³-hybridized carbons (Fsp3) is 0.571. The van der Waals surface area contributed by atoms with E-state index >= 15 is 0 Å². The Bertz CT molecular complexity index is 451. The first-order chi connectivity index (χ1) is 8.89. The summed E-state index contributed by atoms with van der Waals surface area (Å²) >= 11 is 0. The molecule has 1 saturated heterocycles. The van der Waals surface area contributed by atoms with Crippen LogP contribution in [-0.4, -0.2) is 41.4 Å². The smallest absolute Gasteiger partial charge is 0.123 e. The van der Waals surface area contributed by atoms with Crippen molar-refractivity contribution in [3.05, 3.63) is 29.6 Å². The molecule has 1 aromatic carbocycles. The molecule has 1 aliphatic rings. The van der Waals surface area contributed by atoms with E-state index in [0.29, 0.717) is 18.8 Å². The number of ether oxygens (including phenoxy) is 1. The molecule has 3 N–H and O–H groups in total. The third-order valence-corrected chi connectivity index (χ3v) is 3.25. The summed E-state index contributed by atoms with van der Waals surface area (Å²) in [6.45, 7) is 5.86. The second kappa shape index (κ2) is 5.45. The Kier molecular flexibility index (Phi) is 4.08. The summed E-state index contributed by atoms with van der Waals surface area (Å²) in [6.07, 6.45) is -0.210. The molecule has 2 rings (SSSR count). The minimum absolute atomic E-state index is 0.0153. The van der Waals surface area contributed by atoms with Gasteiger partial charge in [0, 0.05) is 25.3 Å². The first-order valence-electron chi connectivity index (χ1n) is 6.44. The SMILES string of the molecule is CC1(C)CN(Cc2cc(F)ccc2N)CC(CO)O1. The minimum Gasteiger partial charge on any atom is -0.398 e. The molecule has 1 aromatic rings. The van der Waals surface area contributed by atoms with E-state index in [9.17, 15) is 9.50 Å². The summed E-state index contributed by atoms with van der Waals surface area (Å²) in [7, 11) is 0. The van der Waals surface area contributed by atoms with Crippen molar-refractivity contribution in [2.24, 2.45) is 0 Å². The van der Waals surface area contributed by atoms with E-state index in [-0.39, 0.29) is 24.1 Å². The van der Waals surface area contributed by atoms with Crippen LogP contribution in [0.1, 0.15) is 19.4 Å². The lowest BCUT2D eigenvalue weighted by Crippen LogP contribution is -2.53. The Labute approximate surface area is 113 Å². The Morgan fingerprint density at radius 1 is 1.53 bits per heavy atom. The van der Waals surface area contributed by atoms with Crippen LogP contribution in [-0.2, 0) is 11.3 Å². The lowest BCUT2D eigenvalue weighted by Gasteiger charge is -2.42. The number of nitrogens with two attached hydrogens (primary N) is 1. The predicted molar refractivity (Wildman–Crippen MR) is 72.1 cm³/mol. The normalized spacial score (nSPS) is 23.5. The summed E-state index contributed by atoms with van der Waals surface area (Å²) < 4.78 is 19.0. The number of aliphatic hydroxyl groups is 1. The van der Waals surface area contributed by atoms with Gasteiger partial charge in [0.25, 0.3) is 0 Å². The highest BCUT2D eigenvalue weighted by molar-refractivity contribution is 5.46. The molecule has 1 fully saturated rings. The fourth-order valence-corrected chi connectivity index (χ4v) is 2.58. The molecule has 5 heteroatoms. The first kappa shape index (κ1) is 14.2. The minimum atomic E-state index is -0.326. The number of hydrogen-bond donors (Lipinski definition) is 2. The van der Waals surface area contributed by atoms with Crippen LogP contribution in [0.4, 0.5) is 10.1 Å². The molecule has 0 saturated carbocycles. The number of morpholine rings is 1. The molecule has 1 unspecified atom stereocenters. The monoisotopic (exact) mass is 268 g/mol. The van der Waals surface area contributed by atoms with Crippen molar-refractivity contribution in [3.63, 3.8) is 0 Å². The van der Waals surface area contributed by atoms with E-state index in [1.165, 1.54) is 12.1 Å². The molecular formula is C14H21FN2O2. The van der Waals surface area contributed by atoms with Gasteiger partial charge in [0.2, 0.25) is 0 Å². The number of halogens is 1. The van der Waals surface area contributed by atoms with Crippen LogP contribution in [0.5, 0.6) is 0 Å². The zero-order valence-corrected chi connectivity index (χ0v) is 11.4. The number of nitrogen functional groups attached to an aromatic ring is 1. The van der Waals surface area contributed by atoms with Crippen molar-refractivity contribution in [1.82, 2.24) is 4.90 Å². The van der Waals surface area contributed by atoms with E-state index in [2.05, 4.69) is 4.90 Å². The molecule has 1 atom stereocenters. The third-order valence-electron chi connectivity index (χ3n) is 3.25. The Hall–Kier alpha value is -1.17. The van der Waals surface area contributed by atoms with Crippen molar-refractivity contribution >= 4 is 5.69 Å². The first-order valence-corrected chi connectivity index (χ1v) is 6.44. The van der Waals surface area contributed by atoms with Gasteiger partial charge < -0.3 is 15.6 Å². The maximum atomic E-state index is 13.3. The zero-order valence-electron chi connectivity index (χ0n) is 11.4. The number of anilines is 1. The molecule has 0 radical (unpaired) electrons. The van der Waals surface area contributed by atoms with Gasteiger partial charge in [0.1, 0.15) is 5.82 Å². The Morgan fingerprint density at radius 3 is 2.95 bits per heavy atom. The van der Waals surface area contributed by atoms with Crippen LogP contribution in [0.15, 0.2) is 18.2 Å². The summed E-state index contributed by atoms with van der Waals surface area (Å²) in [5, 5.41) is 9.27. The van der Waals surface area contributed by atoms with Crippen LogP contribution in [0.25, 0.3) is 0 Å². The van der Waals surface area contributed by atoms with Gasteiger partial charge in [-0.3, -0.25) is 4.90 Å². The van der Waals surface area contributed by atoms with Gasteiger partial charge in [0.15, 0.2) is 0 Å². The van der Waals surface area contributed by atoms with Gasteiger partial charge >= 0.3 is 0 Å². The summed E-state index contributed by atoms with van der Waals surface area (Å²) in [5.74, 6) is -0.282. The fourth-order valence-electron chi connectivity index (χ4n) is 2.58. The molecule has 0 aliphatic carbocycles. The second-order valence-electron chi connectivity index (χ2n) is 5.69. The molecule has 1 heterocycles. The maximum Gasteiger partial charge on any atom is 0.123 e. The van der Waals surface area contributed by atoms with E-state index in [1.807, 2.05) is 13.8 Å². The van der Waals surface area contributed by atoms with Crippen LogP contribution in [0, 0.1) is 5.82 Å². The standard InChI is InChI=1S/C14H21FN2O2/c1-14(2)9-17(7-12(8-18)19-14)6-10-5-11(15)3-4-13(10)16/h3-5,12,18H,6-9,16H2,1-2H3. The molecule has 106 valence electrons. The van der Waals surface area contributed by atoms with Gasteiger partial charge in [-0.25, -0.2) is 4.39 Å². The largest absolute Gasteiger partial charge is 0.398 e. The summed E-state index contributed by atoms with van der Waals surface area (Å²) in [4.78, 5) is 2.13. The van der Waals surface area contributed by atoms with E-state index < -0.39 is 0 Å². The topological polar surface area (TPSA) is 58.7 Å². The molecule has 0 spiro atoms. The number of aliphatic hydroxyl groups excluding tert-OH is 1. The number of benzene rings is 1. The number of rotatable bonds is 3. The lowest BCUT2D eigenvalue weighted by molar-refractivity contribution is -0.150. The van der Waals surface area contributed by atoms with Crippen LogP contribution >= 0.6 is 0 Å². The molecule has 19 heavy (non-hydrogen) atoms. The van der Waals surface area contributed by atoms with Gasteiger partial charge in [0.05, 0.1) is 18.3 Å². The van der Waals surface area contributed by atoms with Gasteiger partial charge in [-0.05, 0) is 37.6 Å². The average molecular weight is 268 g/mol. The number of hydrogen-bond acceptors (Lipinski definition) is 4. The van der Waals surface area contributed by atoms with Crippen molar-refractivity contribution < 1.29 is 14.2 Å². The van der Waals surface area contributed by atoms with Crippen LogP contribution in [0.2, 0.25) is 0 Å². The van der Waals surface area contributed by atoms with E-state index in [0.717, 1.165) is 12.1 Å². The van der Waals surface area contributed by atoms with Crippen LogP contribution < -0.4 is 5.73 Å². The highest BCUT2D eigenvalue weighted by Gasteiger charge is 2.33. The molecule has 0 bridgehead atoms. The Morgan fingerprint density at radius 2 is 2.26 bits per heavy atom. The molecule has 0 amide bonds. The zero-order chi connectivity index (χ0) is 14.0. The maximum absolute atomic E-state index is 13.3. The molecule has 0 aromatic heterocycles. The molecule has 4 nitrogen and oxygen atoms in total. The second-order valence-corrected chi connectivity index (χ2v) is 5.69. The highest BCUT2D eigenvalue weighted by Crippen LogP contribution is 2.24. The lowest BCUT2D eigenvalue weighted by atomic mass is 10.0. The Balaban J connectivity index is 2.11. The quantitative estimate of drug-likeness (QED) is 0.813. The number of nitrogens with zero attached hydrogens (tertiary/aromatic N) is 1. The highest BCUT2D eigenvalue weighted by atomic mass is 19.1. The molecular weight excluding hydrogens is 247 g/mol. The van der Waals surface area contributed by atoms with E-state index in [4.69, 9.17) is 10.5 Å². The van der Waals surface area contributed by atoms with Crippen molar-refractivity contribution in [2.75, 3.05) is 25.4 Å². The summed E-state index contributed by atoms with van der Waals surface area (Å²) in [6, 6.07) is 4.41. The molecule has 1 aliphatic heterocycles. The van der Waals surface area contributed by atoms with E-state index in [1.54, 1.807) is 6.07 Å². The summed E-state index contributed by atoms with van der Waals surface area (Å²) in [5.41, 5.74) is 6.90. The van der Waals surface area contributed by atoms with Gasteiger partial charge in [-0.15, -0.1) is 0 Å². The van der Waals surface area contributed by atoms with Crippen molar-refractivity contribution in [1.29, 1.82) is 0 Å².